The van der Waals surface area contributed by atoms with Crippen LogP contribution in [-0.2, 0) is 14.3 Å². The van der Waals surface area contributed by atoms with Gasteiger partial charge in [-0.2, -0.15) is 0 Å². The molecule has 0 aromatic heterocycles. The highest BCUT2D eigenvalue weighted by molar-refractivity contribution is 5.93. The molecule has 1 N–H and O–H groups in total. The van der Waals surface area contributed by atoms with E-state index in [9.17, 15) is 14.7 Å². The average molecular weight is 264 g/mol. The summed E-state index contributed by atoms with van der Waals surface area (Å²) < 4.78 is 5.13. The van der Waals surface area contributed by atoms with E-state index in [1.54, 1.807) is 6.92 Å². The first kappa shape index (κ1) is 12.9. The summed E-state index contributed by atoms with van der Waals surface area (Å²) in [7, 11) is 0. The first-order valence-corrected chi connectivity index (χ1v) is 6.96. The second-order valence-electron chi connectivity index (χ2n) is 6.62. The monoisotopic (exact) mass is 264 g/mol. The lowest BCUT2D eigenvalue weighted by Crippen LogP contribution is -2.53. The summed E-state index contributed by atoms with van der Waals surface area (Å²) in [5.74, 6) is -1.56. The van der Waals surface area contributed by atoms with Gasteiger partial charge in [0, 0.05) is 29.9 Å². The summed E-state index contributed by atoms with van der Waals surface area (Å²) in [6.07, 6.45) is 2.28. The van der Waals surface area contributed by atoms with Gasteiger partial charge in [0.15, 0.2) is 0 Å². The minimum atomic E-state index is -1.53. The van der Waals surface area contributed by atoms with Crippen LogP contribution in [0.5, 0.6) is 0 Å². The van der Waals surface area contributed by atoms with Crippen molar-refractivity contribution in [3.05, 3.63) is 11.1 Å². The molecule has 4 atom stereocenters. The Morgan fingerprint density at radius 2 is 2.05 bits per heavy atom. The molecule has 0 unspecified atom stereocenters. The molecule has 2 aliphatic carbocycles. The molecule has 3 aliphatic rings. The molecule has 4 heteroatoms. The van der Waals surface area contributed by atoms with E-state index in [-0.39, 0.29) is 23.5 Å². The van der Waals surface area contributed by atoms with E-state index in [4.69, 9.17) is 4.74 Å². The third-order valence-corrected chi connectivity index (χ3v) is 5.66. The van der Waals surface area contributed by atoms with E-state index < -0.39 is 11.8 Å². The maximum atomic E-state index is 12.2. The number of carbonyl (C=O) groups excluding carboxylic acids is 2. The van der Waals surface area contributed by atoms with E-state index in [1.807, 2.05) is 0 Å². The quantitative estimate of drug-likeness (QED) is 0.679. The molecule has 1 heterocycles. The Hall–Kier alpha value is -1.16. The van der Waals surface area contributed by atoms with Gasteiger partial charge >= 0.3 is 5.97 Å². The summed E-state index contributed by atoms with van der Waals surface area (Å²) in [5.41, 5.74) is 1.05. The molecule has 3 rings (SSSR count). The molecule has 0 amide bonds. The largest absolute Gasteiger partial charge is 0.426 e. The molecule has 0 spiro atoms. The second kappa shape index (κ2) is 3.69. The van der Waals surface area contributed by atoms with Gasteiger partial charge in [-0.1, -0.05) is 13.8 Å². The molecule has 0 radical (unpaired) electrons. The molecular formula is C15H20O4. The van der Waals surface area contributed by atoms with Crippen LogP contribution in [0.25, 0.3) is 0 Å². The van der Waals surface area contributed by atoms with Crippen molar-refractivity contribution in [3.63, 3.8) is 0 Å². The third kappa shape index (κ3) is 1.55. The number of fused-ring (bicyclic) bond motifs is 2. The number of rotatable bonds is 0. The van der Waals surface area contributed by atoms with Gasteiger partial charge in [-0.05, 0) is 31.1 Å². The molecule has 0 aromatic carbocycles. The fraction of sp³-hybridized carbons (Fsp3) is 0.733. The minimum Gasteiger partial charge on any atom is -0.426 e. The van der Waals surface area contributed by atoms with Gasteiger partial charge in [0.1, 0.15) is 5.78 Å². The average Bonchev–Trinajstić information content (AvgIpc) is 2.55. The molecule has 104 valence electrons. The predicted octanol–water partition coefficient (Wildman–Crippen LogP) is 1.96. The van der Waals surface area contributed by atoms with Gasteiger partial charge in [0.2, 0.25) is 5.79 Å². The van der Waals surface area contributed by atoms with Crippen molar-refractivity contribution in [1.82, 2.24) is 0 Å². The predicted molar refractivity (Wildman–Crippen MR) is 68.0 cm³/mol. The maximum absolute atomic E-state index is 12.2. The molecule has 0 bridgehead atoms. The van der Waals surface area contributed by atoms with Crippen LogP contribution in [0.2, 0.25) is 0 Å². The Morgan fingerprint density at radius 1 is 1.37 bits per heavy atom. The lowest BCUT2D eigenvalue weighted by molar-refractivity contribution is -0.204. The number of hydrogen-bond acceptors (Lipinski definition) is 4. The molecule has 0 aromatic rings. The number of Topliss-reactive ketones (excluding diaryl/α,β-unsaturated/α-hetero) is 1. The normalized spacial score (nSPS) is 45.9. The van der Waals surface area contributed by atoms with Gasteiger partial charge in [-0.15, -0.1) is 0 Å². The summed E-state index contributed by atoms with van der Waals surface area (Å²) in [5, 5.41) is 10.6. The fourth-order valence-corrected chi connectivity index (χ4v) is 4.02. The van der Waals surface area contributed by atoms with Crippen LogP contribution in [0.1, 0.15) is 46.5 Å². The summed E-state index contributed by atoms with van der Waals surface area (Å²) in [4.78, 5) is 23.9. The van der Waals surface area contributed by atoms with Crippen molar-refractivity contribution in [1.29, 1.82) is 0 Å². The smallest absolute Gasteiger partial charge is 0.336 e. The van der Waals surface area contributed by atoms with Crippen LogP contribution < -0.4 is 0 Å². The number of carbonyl (C=O) groups is 2. The minimum absolute atomic E-state index is 0.161. The zero-order valence-electron chi connectivity index (χ0n) is 11.7. The molecular weight excluding hydrogens is 244 g/mol. The Balaban J connectivity index is 2.07. The lowest BCUT2D eigenvalue weighted by Gasteiger charge is -2.51. The number of ketones is 1. The van der Waals surface area contributed by atoms with Crippen molar-refractivity contribution in [2.45, 2.75) is 52.2 Å². The van der Waals surface area contributed by atoms with E-state index in [0.717, 1.165) is 6.42 Å². The Kier molecular flexibility index (Phi) is 2.50. The van der Waals surface area contributed by atoms with Gasteiger partial charge in [0.05, 0.1) is 0 Å². The number of aliphatic hydroxyl groups is 1. The number of hydrogen-bond donors (Lipinski definition) is 1. The van der Waals surface area contributed by atoms with E-state index >= 15 is 0 Å². The summed E-state index contributed by atoms with van der Waals surface area (Å²) in [6.45, 7) is 5.98. The summed E-state index contributed by atoms with van der Waals surface area (Å²) >= 11 is 0. The van der Waals surface area contributed by atoms with Crippen LogP contribution in [0.3, 0.4) is 0 Å². The standard InChI is InChI=1S/C15H20O4/c1-8-4-5-12(16)11-7-15(18)10(6-14(8,11)3)9(2)13(17)19-15/h8,11,18H,4-7H2,1-3H3/t8-,11-,14+,15-/m0/s1. The molecule has 0 saturated heterocycles. The van der Waals surface area contributed by atoms with Gasteiger partial charge < -0.3 is 9.84 Å². The van der Waals surface area contributed by atoms with E-state index in [0.29, 0.717) is 29.9 Å². The van der Waals surface area contributed by atoms with Crippen molar-refractivity contribution in [2.75, 3.05) is 0 Å². The van der Waals surface area contributed by atoms with E-state index in [2.05, 4.69) is 13.8 Å². The van der Waals surface area contributed by atoms with Crippen LogP contribution in [0, 0.1) is 17.3 Å². The van der Waals surface area contributed by atoms with Crippen LogP contribution in [0.4, 0.5) is 0 Å². The van der Waals surface area contributed by atoms with Crippen molar-refractivity contribution in [3.8, 4) is 0 Å². The van der Waals surface area contributed by atoms with Crippen LogP contribution in [-0.4, -0.2) is 22.6 Å². The van der Waals surface area contributed by atoms with Gasteiger partial charge in [-0.25, -0.2) is 4.79 Å². The van der Waals surface area contributed by atoms with Crippen molar-refractivity contribution >= 4 is 11.8 Å². The zero-order chi connectivity index (χ0) is 14.0. The molecule has 2 fully saturated rings. The van der Waals surface area contributed by atoms with Crippen molar-refractivity contribution < 1.29 is 19.4 Å². The molecule has 1 aliphatic heterocycles. The number of esters is 1. The highest BCUT2D eigenvalue weighted by Crippen LogP contribution is 2.58. The zero-order valence-corrected chi connectivity index (χ0v) is 11.7. The lowest BCUT2D eigenvalue weighted by atomic mass is 9.53. The van der Waals surface area contributed by atoms with E-state index in [1.165, 1.54) is 0 Å². The maximum Gasteiger partial charge on any atom is 0.336 e. The molecule has 2 saturated carbocycles. The van der Waals surface area contributed by atoms with Crippen LogP contribution >= 0.6 is 0 Å². The molecule has 19 heavy (non-hydrogen) atoms. The van der Waals surface area contributed by atoms with Gasteiger partial charge in [0.25, 0.3) is 0 Å². The van der Waals surface area contributed by atoms with Crippen LogP contribution in [0.15, 0.2) is 11.1 Å². The Labute approximate surface area is 112 Å². The first-order valence-electron chi connectivity index (χ1n) is 6.96. The summed E-state index contributed by atoms with van der Waals surface area (Å²) in [6, 6.07) is 0. The third-order valence-electron chi connectivity index (χ3n) is 5.66. The SMILES string of the molecule is CC1=C2C[C@]3(C)[C@@H](C)CCC(=O)[C@@H]3C[C@]2(O)OC1=O. The Morgan fingerprint density at radius 3 is 2.74 bits per heavy atom. The Bertz CT molecular complexity index is 506. The molecule has 4 nitrogen and oxygen atoms in total. The topological polar surface area (TPSA) is 63.6 Å². The number of ether oxygens (including phenoxy) is 1. The first-order chi connectivity index (χ1) is 8.78. The second-order valence-corrected chi connectivity index (χ2v) is 6.62. The highest BCUT2D eigenvalue weighted by atomic mass is 16.7. The van der Waals surface area contributed by atoms with Gasteiger partial charge in [-0.3, -0.25) is 4.79 Å². The van der Waals surface area contributed by atoms with Crippen molar-refractivity contribution in [2.24, 2.45) is 17.3 Å². The fourth-order valence-electron chi connectivity index (χ4n) is 4.02. The highest BCUT2D eigenvalue weighted by Gasteiger charge is 2.59.